The number of benzene rings is 1. The van der Waals surface area contributed by atoms with Gasteiger partial charge in [-0.2, -0.15) is 0 Å². The first-order valence-corrected chi connectivity index (χ1v) is 8.97. The molecule has 4 nitrogen and oxygen atoms in total. The Morgan fingerprint density at radius 3 is 2.73 bits per heavy atom. The summed E-state index contributed by atoms with van der Waals surface area (Å²) in [7, 11) is 0. The van der Waals surface area contributed by atoms with Crippen LogP contribution in [0.1, 0.15) is 29.7 Å². The number of hydrogen-bond donors (Lipinski definition) is 0. The summed E-state index contributed by atoms with van der Waals surface area (Å²) in [6.45, 7) is 6.57. The number of pyridine rings is 1. The van der Waals surface area contributed by atoms with Crippen molar-refractivity contribution in [2.24, 2.45) is 0 Å². The molecule has 0 amide bonds. The Morgan fingerprint density at radius 2 is 2.00 bits per heavy atom. The molecule has 3 aromatic rings. The Balaban J connectivity index is 0.00000196. The molecule has 3 heterocycles. The number of halogens is 1. The van der Waals surface area contributed by atoms with Crippen LogP contribution in [0.3, 0.4) is 0 Å². The van der Waals surface area contributed by atoms with Gasteiger partial charge in [-0.05, 0) is 43.9 Å². The lowest BCUT2D eigenvalue weighted by molar-refractivity contribution is 0.0668. The molecule has 138 valence electrons. The molecule has 1 unspecified atom stereocenters. The van der Waals surface area contributed by atoms with Gasteiger partial charge in [0.1, 0.15) is 12.1 Å². The van der Waals surface area contributed by atoms with Crippen LogP contribution in [-0.2, 0) is 11.3 Å². The third kappa shape index (κ3) is 3.57. The number of aryl methyl sites for hydroxylation is 1. The van der Waals surface area contributed by atoms with Crippen LogP contribution in [0.4, 0.5) is 0 Å². The summed E-state index contributed by atoms with van der Waals surface area (Å²) in [5, 5.41) is 1.21. The van der Waals surface area contributed by atoms with Crippen molar-refractivity contribution >= 4 is 23.3 Å². The quantitative estimate of drug-likeness (QED) is 0.652. The number of aromatic nitrogens is 2. The summed E-state index contributed by atoms with van der Waals surface area (Å²) in [5.41, 5.74) is 4.90. The molecule has 0 bridgehead atoms. The van der Waals surface area contributed by atoms with Crippen LogP contribution in [0.15, 0.2) is 42.6 Å². The van der Waals surface area contributed by atoms with Gasteiger partial charge in [0.2, 0.25) is 5.88 Å². The molecule has 1 aromatic carbocycles. The van der Waals surface area contributed by atoms with E-state index in [2.05, 4.69) is 53.7 Å². The van der Waals surface area contributed by atoms with Gasteiger partial charge in [0.05, 0.1) is 6.10 Å². The largest absolute Gasteiger partial charge is 0.473 e. The molecular formula is C21H25ClN2O2. The van der Waals surface area contributed by atoms with Crippen molar-refractivity contribution in [1.82, 2.24) is 9.55 Å². The zero-order chi connectivity index (χ0) is 17.2. The fourth-order valence-corrected chi connectivity index (χ4v) is 3.58. The highest BCUT2D eigenvalue weighted by Gasteiger charge is 2.20. The molecule has 4 rings (SSSR count). The average Bonchev–Trinajstić information content (AvgIpc) is 3.24. The normalized spacial score (nSPS) is 16.6. The van der Waals surface area contributed by atoms with Gasteiger partial charge in [-0.25, -0.2) is 4.98 Å². The standard InChI is InChI=1S/C21H24N2O2.ClH/c1-15-16(2)23(13-17-7-4-3-5-8-17)20-19(15)10-11-22-21(20)25-14-18-9-6-12-24-18;/h3-5,7-8,10-11,18H,6,9,12-14H2,1-2H3;1H. The van der Waals surface area contributed by atoms with E-state index in [9.17, 15) is 0 Å². The fourth-order valence-electron chi connectivity index (χ4n) is 3.58. The smallest absolute Gasteiger partial charge is 0.238 e. The van der Waals surface area contributed by atoms with Crippen LogP contribution in [0.25, 0.3) is 10.9 Å². The molecule has 26 heavy (non-hydrogen) atoms. The van der Waals surface area contributed by atoms with E-state index in [1.807, 2.05) is 12.3 Å². The second kappa shape index (κ2) is 8.11. The summed E-state index contributed by atoms with van der Waals surface area (Å²) in [4.78, 5) is 4.53. The minimum atomic E-state index is 0. The van der Waals surface area contributed by atoms with Gasteiger partial charge in [-0.3, -0.25) is 0 Å². The highest BCUT2D eigenvalue weighted by atomic mass is 35.5. The van der Waals surface area contributed by atoms with Crippen LogP contribution < -0.4 is 4.74 Å². The molecule has 5 heteroatoms. The predicted octanol–water partition coefficient (Wildman–Crippen LogP) is 4.68. The Kier molecular flexibility index (Phi) is 5.84. The summed E-state index contributed by atoms with van der Waals surface area (Å²) in [5.74, 6) is 0.708. The van der Waals surface area contributed by atoms with Crippen molar-refractivity contribution in [2.75, 3.05) is 13.2 Å². The maximum absolute atomic E-state index is 6.09. The van der Waals surface area contributed by atoms with Crippen LogP contribution in [0.2, 0.25) is 0 Å². The first-order chi connectivity index (χ1) is 12.2. The van der Waals surface area contributed by atoms with Crippen molar-refractivity contribution in [3.8, 4) is 5.88 Å². The van der Waals surface area contributed by atoms with E-state index in [-0.39, 0.29) is 18.5 Å². The van der Waals surface area contributed by atoms with Gasteiger partial charge in [0, 0.05) is 30.4 Å². The Bertz CT molecular complexity index is 871. The summed E-state index contributed by atoms with van der Waals surface area (Å²) >= 11 is 0. The highest BCUT2D eigenvalue weighted by Crippen LogP contribution is 2.31. The van der Waals surface area contributed by atoms with Crippen LogP contribution in [0, 0.1) is 13.8 Å². The van der Waals surface area contributed by atoms with Crippen LogP contribution >= 0.6 is 12.4 Å². The monoisotopic (exact) mass is 372 g/mol. The number of hydrogen-bond acceptors (Lipinski definition) is 3. The minimum Gasteiger partial charge on any atom is -0.473 e. The number of fused-ring (bicyclic) bond motifs is 1. The van der Waals surface area contributed by atoms with E-state index in [1.165, 1.54) is 22.2 Å². The molecule has 1 aliphatic rings. The maximum atomic E-state index is 6.09. The van der Waals surface area contributed by atoms with E-state index in [0.29, 0.717) is 12.5 Å². The highest BCUT2D eigenvalue weighted by molar-refractivity contribution is 5.89. The Hall–Kier alpha value is -2.04. The second-order valence-electron chi connectivity index (χ2n) is 6.74. The molecule has 0 N–H and O–H groups in total. The zero-order valence-electron chi connectivity index (χ0n) is 15.3. The molecule has 1 atom stereocenters. The third-order valence-electron chi connectivity index (χ3n) is 5.13. The van der Waals surface area contributed by atoms with Crippen molar-refractivity contribution in [3.63, 3.8) is 0 Å². The number of rotatable bonds is 5. The SMILES string of the molecule is Cc1c(C)n(Cc2ccccc2)c2c(OCC3CCCO3)nccc12.Cl. The zero-order valence-corrected chi connectivity index (χ0v) is 16.1. The molecule has 0 radical (unpaired) electrons. The van der Waals surface area contributed by atoms with Gasteiger partial charge in [0.15, 0.2) is 0 Å². The topological polar surface area (TPSA) is 36.3 Å². The van der Waals surface area contributed by atoms with E-state index < -0.39 is 0 Å². The summed E-state index contributed by atoms with van der Waals surface area (Å²) in [6, 6.07) is 12.6. The maximum Gasteiger partial charge on any atom is 0.238 e. The Morgan fingerprint density at radius 1 is 1.19 bits per heavy atom. The fraction of sp³-hybridized carbons (Fsp3) is 0.381. The summed E-state index contributed by atoms with van der Waals surface area (Å²) < 4.78 is 14.1. The van der Waals surface area contributed by atoms with Gasteiger partial charge in [-0.15, -0.1) is 12.4 Å². The molecule has 0 aliphatic carbocycles. The van der Waals surface area contributed by atoms with Crippen LogP contribution in [0.5, 0.6) is 5.88 Å². The van der Waals surface area contributed by atoms with Gasteiger partial charge < -0.3 is 14.0 Å². The lowest BCUT2D eigenvalue weighted by atomic mass is 10.2. The van der Waals surface area contributed by atoms with Crippen LogP contribution in [-0.4, -0.2) is 28.9 Å². The second-order valence-corrected chi connectivity index (χ2v) is 6.74. The van der Waals surface area contributed by atoms with Crippen molar-refractivity contribution in [1.29, 1.82) is 0 Å². The lowest BCUT2D eigenvalue weighted by Gasteiger charge is -2.14. The summed E-state index contributed by atoms with van der Waals surface area (Å²) in [6.07, 6.45) is 4.22. The molecule has 0 saturated carbocycles. The molecule has 1 saturated heterocycles. The minimum absolute atomic E-state index is 0. The van der Waals surface area contributed by atoms with Gasteiger partial charge >= 0.3 is 0 Å². The van der Waals surface area contributed by atoms with E-state index in [1.54, 1.807) is 0 Å². The van der Waals surface area contributed by atoms with E-state index in [4.69, 9.17) is 9.47 Å². The Labute approximate surface area is 160 Å². The molecule has 1 fully saturated rings. The molecular weight excluding hydrogens is 348 g/mol. The van der Waals surface area contributed by atoms with E-state index >= 15 is 0 Å². The number of ether oxygens (including phenoxy) is 2. The van der Waals surface area contributed by atoms with Crippen molar-refractivity contribution < 1.29 is 9.47 Å². The van der Waals surface area contributed by atoms with Gasteiger partial charge in [-0.1, -0.05) is 30.3 Å². The average molecular weight is 373 g/mol. The van der Waals surface area contributed by atoms with Crippen molar-refractivity contribution in [3.05, 3.63) is 59.4 Å². The number of nitrogens with zero attached hydrogens (tertiary/aromatic N) is 2. The third-order valence-corrected chi connectivity index (χ3v) is 5.13. The lowest BCUT2D eigenvalue weighted by Crippen LogP contribution is -2.17. The molecule has 2 aromatic heterocycles. The molecule has 0 spiro atoms. The predicted molar refractivity (Wildman–Crippen MR) is 106 cm³/mol. The molecule has 1 aliphatic heterocycles. The first kappa shape index (κ1) is 18.7. The first-order valence-electron chi connectivity index (χ1n) is 8.97. The van der Waals surface area contributed by atoms with Gasteiger partial charge in [0.25, 0.3) is 0 Å². The van der Waals surface area contributed by atoms with E-state index in [0.717, 1.165) is 31.5 Å². The van der Waals surface area contributed by atoms with Crippen molar-refractivity contribution in [2.45, 2.75) is 39.3 Å².